The second-order valence-electron chi connectivity index (χ2n) is 6.06. The number of anilines is 2. The molecule has 2 aromatic rings. The summed E-state index contributed by atoms with van der Waals surface area (Å²) in [5.74, 6) is 0.869. The molecular formula is C17H24N6O. The number of carbonyl (C=O) groups excluding carboxylic acids is 1. The standard InChI is InChI=1S/C17H24N6O/c1-22-16(19-13-20-22)12-18-14-6-8-15(9-7-14)21-17(24)23-10-4-2-3-5-11-23/h6-9,13,18H,2-5,10-12H2,1H3,(H,21,24). The molecule has 24 heavy (non-hydrogen) atoms. The number of rotatable bonds is 4. The summed E-state index contributed by atoms with van der Waals surface area (Å²) in [6.07, 6.45) is 6.17. The molecule has 1 aromatic carbocycles. The number of nitrogens with zero attached hydrogens (tertiary/aromatic N) is 4. The van der Waals surface area contributed by atoms with Gasteiger partial charge < -0.3 is 15.5 Å². The minimum atomic E-state index is -0.00306. The fourth-order valence-electron chi connectivity index (χ4n) is 2.81. The van der Waals surface area contributed by atoms with Crippen molar-refractivity contribution in [3.63, 3.8) is 0 Å². The average Bonchev–Trinajstić information content (AvgIpc) is 2.84. The van der Waals surface area contributed by atoms with E-state index < -0.39 is 0 Å². The molecule has 7 heteroatoms. The highest BCUT2D eigenvalue weighted by molar-refractivity contribution is 5.89. The molecule has 2 amide bonds. The van der Waals surface area contributed by atoms with Crippen LogP contribution in [0.5, 0.6) is 0 Å². The van der Waals surface area contributed by atoms with E-state index in [1.807, 2.05) is 36.2 Å². The average molecular weight is 328 g/mol. The Kier molecular flexibility index (Phi) is 5.30. The summed E-state index contributed by atoms with van der Waals surface area (Å²) in [6, 6.07) is 7.73. The lowest BCUT2D eigenvalue weighted by molar-refractivity contribution is 0.214. The van der Waals surface area contributed by atoms with Crippen LogP contribution in [0.2, 0.25) is 0 Å². The number of hydrogen-bond donors (Lipinski definition) is 2. The Hall–Kier alpha value is -2.57. The van der Waals surface area contributed by atoms with E-state index in [0.717, 1.165) is 43.1 Å². The van der Waals surface area contributed by atoms with E-state index >= 15 is 0 Å². The van der Waals surface area contributed by atoms with E-state index in [1.54, 1.807) is 11.0 Å². The maximum atomic E-state index is 12.3. The fourth-order valence-corrected chi connectivity index (χ4v) is 2.81. The zero-order chi connectivity index (χ0) is 16.8. The third-order valence-corrected chi connectivity index (χ3v) is 4.29. The highest BCUT2D eigenvalue weighted by Crippen LogP contribution is 2.16. The number of amides is 2. The van der Waals surface area contributed by atoms with Crippen LogP contribution in [0.1, 0.15) is 31.5 Å². The third-order valence-electron chi connectivity index (χ3n) is 4.29. The van der Waals surface area contributed by atoms with Gasteiger partial charge in [-0.15, -0.1) is 0 Å². The van der Waals surface area contributed by atoms with Gasteiger partial charge in [0.05, 0.1) is 6.54 Å². The van der Waals surface area contributed by atoms with E-state index in [4.69, 9.17) is 0 Å². The van der Waals surface area contributed by atoms with Gasteiger partial charge in [0.1, 0.15) is 12.2 Å². The molecule has 0 spiro atoms. The van der Waals surface area contributed by atoms with Gasteiger partial charge in [0, 0.05) is 31.5 Å². The summed E-state index contributed by atoms with van der Waals surface area (Å²) in [5, 5.41) is 10.3. The van der Waals surface area contributed by atoms with Gasteiger partial charge in [-0.2, -0.15) is 5.10 Å². The number of hydrogen-bond acceptors (Lipinski definition) is 4. The Morgan fingerprint density at radius 3 is 2.38 bits per heavy atom. The first kappa shape index (κ1) is 16.3. The number of aryl methyl sites for hydroxylation is 1. The zero-order valence-corrected chi connectivity index (χ0v) is 14.0. The summed E-state index contributed by atoms with van der Waals surface area (Å²) in [5.41, 5.74) is 1.79. The van der Waals surface area contributed by atoms with Crippen molar-refractivity contribution in [3.8, 4) is 0 Å². The quantitative estimate of drug-likeness (QED) is 0.905. The molecule has 7 nitrogen and oxygen atoms in total. The summed E-state index contributed by atoms with van der Waals surface area (Å²) >= 11 is 0. The number of nitrogens with one attached hydrogen (secondary N) is 2. The molecule has 1 saturated heterocycles. The van der Waals surface area contributed by atoms with Crippen LogP contribution in [-0.4, -0.2) is 38.8 Å². The van der Waals surface area contributed by atoms with Crippen LogP contribution < -0.4 is 10.6 Å². The van der Waals surface area contributed by atoms with Crippen molar-refractivity contribution in [2.45, 2.75) is 32.2 Å². The molecule has 2 heterocycles. The van der Waals surface area contributed by atoms with Gasteiger partial charge in [-0.3, -0.25) is 4.68 Å². The lowest BCUT2D eigenvalue weighted by atomic mass is 10.2. The molecule has 1 aliphatic heterocycles. The zero-order valence-electron chi connectivity index (χ0n) is 14.0. The molecule has 3 rings (SSSR count). The first-order valence-corrected chi connectivity index (χ1v) is 8.45. The topological polar surface area (TPSA) is 75.1 Å². The lowest BCUT2D eigenvalue weighted by Crippen LogP contribution is -2.35. The van der Waals surface area contributed by atoms with Crippen LogP contribution in [-0.2, 0) is 13.6 Å². The van der Waals surface area contributed by atoms with Gasteiger partial charge in [0.15, 0.2) is 0 Å². The molecule has 0 radical (unpaired) electrons. The Morgan fingerprint density at radius 2 is 1.75 bits per heavy atom. The first-order chi connectivity index (χ1) is 11.7. The van der Waals surface area contributed by atoms with Gasteiger partial charge in [-0.05, 0) is 37.1 Å². The molecule has 2 N–H and O–H groups in total. The van der Waals surface area contributed by atoms with E-state index in [1.165, 1.54) is 12.8 Å². The lowest BCUT2D eigenvalue weighted by Gasteiger charge is -2.20. The van der Waals surface area contributed by atoms with Crippen molar-refractivity contribution < 1.29 is 4.79 Å². The normalized spacial score (nSPS) is 15.0. The predicted octanol–water partition coefficient (Wildman–Crippen LogP) is 2.84. The van der Waals surface area contributed by atoms with Gasteiger partial charge >= 0.3 is 6.03 Å². The largest absolute Gasteiger partial charge is 0.378 e. The van der Waals surface area contributed by atoms with Crippen LogP contribution >= 0.6 is 0 Å². The summed E-state index contributed by atoms with van der Waals surface area (Å²) in [7, 11) is 1.87. The number of urea groups is 1. The Bertz CT molecular complexity index is 658. The summed E-state index contributed by atoms with van der Waals surface area (Å²) in [6.45, 7) is 2.31. The molecule has 1 fully saturated rings. The van der Waals surface area contributed by atoms with Crippen LogP contribution in [0.25, 0.3) is 0 Å². The predicted molar refractivity (Wildman–Crippen MR) is 93.8 cm³/mol. The van der Waals surface area contributed by atoms with Crippen LogP contribution in [0.3, 0.4) is 0 Å². The highest BCUT2D eigenvalue weighted by Gasteiger charge is 2.15. The molecule has 1 aliphatic rings. The number of aromatic nitrogens is 3. The van der Waals surface area contributed by atoms with Crippen molar-refractivity contribution in [1.82, 2.24) is 19.7 Å². The van der Waals surface area contributed by atoms with Crippen LogP contribution in [0, 0.1) is 0 Å². The van der Waals surface area contributed by atoms with Gasteiger partial charge in [0.2, 0.25) is 0 Å². The molecule has 0 atom stereocenters. The molecular weight excluding hydrogens is 304 g/mol. The van der Waals surface area contributed by atoms with Gasteiger partial charge in [-0.25, -0.2) is 9.78 Å². The van der Waals surface area contributed by atoms with Crippen LogP contribution in [0.4, 0.5) is 16.2 Å². The SMILES string of the molecule is Cn1ncnc1CNc1ccc(NC(=O)N2CCCCCC2)cc1. The molecule has 0 bridgehead atoms. The maximum Gasteiger partial charge on any atom is 0.321 e. The van der Waals surface area contributed by atoms with E-state index in [0.29, 0.717) is 6.54 Å². The van der Waals surface area contributed by atoms with Crippen molar-refractivity contribution in [2.75, 3.05) is 23.7 Å². The molecule has 0 aliphatic carbocycles. The minimum absolute atomic E-state index is 0.00306. The van der Waals surface area contributed by atoms with Crippen molar-refractivity contribution in [2.24, 2.45) is 7.05 Å². The second-order valence-corrected chi connectivity index (χ2v) is 6.06. The monoisotopic (exact) mass is 328 g/mol. The fraction of sp³-hybridized carbons (Fsp3) is 0.471. The number of carbonyl (C=O) groups is 1. The summed E-state index contributed by atoms with van der Waals surface area (Å²) in [4.78, 5) is 18.4. The molecule has 0 unspecified atom stereocenters. The van der Waals surface area contributed by atoms with Crippen molar-refractivity contribution in [3.05, 3.63) is 36.4 Å². The number of likely N-dealkylation sites (tertiary alicyclic amines) is 1. The minimum Gasteiger partial charge on any atom is -0.378 e. The molecule has 0 saturated carbocycles. The maximum absolute atomic E-state index is 12.3. The van der Waals surface area contributed by atoms with E-state index in [-0.39, 0.29) is 6.03 Å². The van der Waals surface area contributed by atoms with E-state index in [9.17, 15) is 4.79 Å². The summed E-state index contributed by atoms with van der Waals surface area (Å²) < 4.78 is 1.74. The van der Waals surface area contributed by atoms with Gasteiger partial charge in [0.25, 0.3) is 0 Å². The molecule has 1 aromatic heterocycles. The number of benzene rings is 1. The Labute approximate surface area is 142 Å². The first-order valence-electron chi connectivity index (χ1n) is 8.45. The van der Waals surface area contributed by atoms with Crippen LogP contribution in [0.15, 0.2) is 30.6 Å². The van der Waals surface area contributed by atoms with Crippen molar-refractivity contribution >= 4 is 17.4 Å². The third kappa shape index (κ3) is 4.24. The van der Waals surface area contributed by atoms with Crippen molar-refractivity contribution in [1.29, 1.82) is 0 Å². The highest BCUT2D eigenvalue weighted by atomic mass is 16.2. The smallest absolute Gasteiger partial charge is 0.321 e. The molecule has 128 valence electrons. The van der Waals surface area contributed by atoms with Gasteiger partial charge in [-0.1, -0.05) is 12.8 Å². The Balaban J connectivity index is 1.52. The van der Waals surface area contributed by atoms with E-state index in [2.05, 4.69) is 20.7 Å². The second kappa shape index (κ2) is 7.81. The Morgan fingerprint density at radius 1 is 1.08 bits per heavy atom.